The van der Waals surface area contributed by atoms with Crippen molar-refractivity contribution in [2.45, 2.75) is 0 Å². The average Bonchev–Trinajstić information content (AvgIpc) is 3.61. The van der Waals surface area contributed by atoms with Crippen molar-refractivity contribution in [2.24, 2.45) is 0 Å². The van der Waals surface area contributed by atoms with Gasteiger partial charge in [0.05, 0.1) is 28.1 Å². The minimum absolute atomic E-state index is 1.11. The molecule has 2 nitrogen and oxygen atoms in total. The van der Waals surface area contributed by atoms with Gasteiger partial charge in [-0.1, -0.05) is 176 Å². The molecule has 1 heterocycles. The van der Waals surface area contributed by atoms with Crippen LogP contribution in [0.3, 0.4) is 0 Å². The number of anilines is 3. The summed E-state index contributed by atoms with van der Waals surface area (Å²) in [6.45, 7) is 0. The van der Waals surface area contributed by atoms with Gasteiger partial charge in [-0.05, 0) is 80.9 Å². The predicted molar refractivity (Wildman–Crippen MR) is 239 cm³/mol. The number of benzene rings is 10. The molecule has 0 bridgehead atoms. The van der Waals surface area contributed by atoms with Gasteiger partial charge in [0.25, 0.3) is 0 Å². The Morgan fingerprint density at radius 1 is 0.304 bits per heavy atom. The summed E-state index contributed by atoms with van der Waals surface area (Å²) in [7, 11) is 0. The Morgan fingerprint density at radius 3 is 1.70 bits per heavy atom. The number of hydrogen-bond donors (Lipinski definition) is 0. The summed E-state index contributed by atoms with van der Waals surface area (Å²) in [6, 6.07) is 79.4. The number of fused-ring (bicyclic) bond motifs is 7. The first kappa shape index (κ1) is 32.0. The van der Waals surface area contributed by atoms with Crippen LogP contribution in [0.1, 0.15) is 0 Å². The molecule has 262 valence electrons. The second kappa shape index (κ2) is 13.2. The fraction of sp³-hybridized carbons (Fsp3) is 0. The van der Waals surface area contributed by atoms with E-state index in [1.54, 1.807) is 0 Å². The van der Waals surface area contributed by atoms with Crippen molar-refractivity contribution in [3.63, 3.8) is 0 Å². The quantitative estimate of drug-likeness (QED) is 0.167. The molecule has 0 unspecified atom stereocenters. The maximum absolute atomic E-state index is 2.48. The summed E-state index contributed by atoms with van der Waals surface area (Å²) in [5.74, 6) is 0. The number of para-hydroxylation sites is 1. The third kappa shape index (κ3) is 5.11. The minimum atomic E-state index is 1.11. The summed E-state index contributed by atoms with van der Waals surface area (Å²) < 4.78 is 2.48. The third-order valence-corrected chi connectivity index (χ3v) is 11.4. The first-order valence-electron chi connectivity index (χ1n) is 19.3. The Balaban J connectivity index is 1.17. The van der Waals surface area contributed by atoms with Crippen LogP contribution < -0.4 is 4.90 Å². The first-order chi connectivity index (χ1) is 27.8. The maximum atomic E-state index is 2.48. The van der Waals surface area contributed by atoms with Crippen molar-refractivity contribution in [3.8, 4) is 27.9 Å². The number of aromatic nitrogens is 1. The van der Waals surface area contributed by atoms with Gasteiger partial charge in [0.1, 0.15) is 0 Å². The number of nitrogens with zero attached hydrogens (tertiary/aromatic N) is 2. The molecule has 0 N–H and O–H groups in total. The van der Waals surface area contributed by atoms with Gasteiger partial charge in [-0.2, -0.15) is 0 Å². The Labute approximate surface area is 325 Å². The zero-order valence-electron chi connectivity index (χ0n) is 30.7. The van der Waals surface area contributed by atoms with Crippen LogP contribution in [0.15, 0.2) is 218 Å². The molecule has 0 fully saturated rings. The van der Waals surface area contributed by atoms with Gasteiger partial charge in [0, 0.05) is 32.6 Å². The van der Waals surface area contributed by atoms with E-state index in [0.29, 0.717) is 0 Å². The van der Waals surface area contributed by atoms with Crippen LogP contribution in [0.4, 0.5) is 17.1 Å². The highest BCUT2D eigenvalue weighted by Gasteiger charge is 2.22. The van der Waals surface area contributed by atoms with E-state index in [1.807, 2.05) is 0 Å². The summed E-state index contributed by atoms with van der Waals surface area (Å²) in [5.41, 5.74) is 11.8. The van der Waals surface area contributed by atoms with Gasteiger partial charge < -0.3 is 9.47 Å². The van der Waals surface area contributed by atoms with E-state index in [0.717, 1.165) is 22.7 Å². The molecule has 11 aromatic rings. The van der Waals surface area contributed by atoms with Crippen LogP contribution >= 0.6 is 0 Å². The third-order valence-electron chi connectivity index (χ3n) is 11.4. The van der Waals surface area contributed by atoms with E-state index in [1.165, 1.54) is 76.4 Å². The molecule has 10 aromatic carbocycles. The van der Waals surface area contributed by atoms with Gasteiger partial charge >= 0.3 is 0 Å². The fourth-order valence-electron chi connectivity index (χ4n) is 8.86. The molecule has 1 aromatic heterocycles. The van der Waals surface area contributed by atoms with Gasteiger partial charge in [-0.25, -0.2) is 0 Å². The molecule has 0 spiro atoms. The van der Waals surface area contributed by atoms with Crippen molar-refractivity contribution in [2.75, 3.05) is 4.90 Å². The molecule has 11 rings (SSSR count). The molecule has 0 aliphatic heterocycles. The lowest BCUT2D eigenvalue weighted by Crippen LogP contribution is -2.11. The average molecular weight is 713 g/mol. The van der Waals surface area contributed by atoms with Crippen LogP contribution in [0, 0.1) is 0 Å². The highest BCUT2D eigenvalue weighted by atomic mass is 15.1. The molecule has 0 amide bonds. The molecule has 0 saturated heterocycles. The SMILES string of the molecule is c1ccc(-c2ccc(N(c3cccc4ccccc34)c3ccc(-n4c5ccccc5c5c6c(-c7ccccc7)cccc6ccc54)c4ccccc34)cc2)cc1. The minimum Gasteiger partial charge on any atom is -0.309 e. The van der Waals surface area contributed by atoms with Gasteiger partial charge in [0.15, 0.2) is 0 Å². The van der Waals surface area contributed by atoms with E-state index in [4.69, 9.17) is 0 Å². The maximum Gasteiger partial charge on any atom is 0.0548 e. The predicted octanol–water partition coefficient (Wildman–Crippen LogP) is 15.0. The zero-order chi connectivity index (χ0) is 37.0. The van der Waals surface area contributed by atoms with Gasteiger partial charge in [-0.3, -0.25) is 0 Å². The molecular weight excluding hydrogens is 677 g/mol. The molecule has 0 atom stereocenters. The van der Waals surface area contributed by atoms with Crippen LogP contribution in [-0.2, 0) is 0 Å². The van der Waals surface area contributed by atoms with E-state index < -0.39 is 0 Å². The number of rotatable bonds is 6. The van der Waals surface area contributed by atoms with Crippen molar-refractivity contribution in [1.29, 1.82) is 0 Å². The fourth-order valence-corrected chi connectivity index (χ4v) is 8.86. The zero-order valence-corrected chi connectivity index (χ0v) is 30.7. The van der Waals surface area contributed by atoms with E-state index in [9.17, 15) is 0 Å². The normalized spacial score (nSPS) is 11.6. The van der Waals surface area contributed by atoms with Gasteiger partial charge in [-0.15, -0.1) is 0 Å². The Morgan fingerprint density at radius 2 is 0.893 bits per heavy atom. The highest BCUT2D eigenvalue weighted by Crippen LogP contribution is 2.46. The van der Waals surface area contributed by atoms with Crippen LogP contribution in [-0.4, -0.2) is 4.57 Å². The molecule has 56 heavy (non-hydrogen) atoms. The Hall–Kier alpha value is -7.42. The second-order valence-electron chi connectivity index (χ2n) is 14.5. The standard InChI is InChI=1S/C54H36N2/c1-3-15-37(16-4-1)38-29-32-42(33-30-38)55(48-28-14-20-39-19-7-8-22-43(39)48)50-35-36-51(46-24-10-9-23-45(46)50)56-49-27-12-11-25-47(49)54-52(56)34-31-41-21-13-26-44(53(41)54)40-17-5-2-6-18-40/h1-36H. The second-order valence-corrected chi connectivity index (χ2v) is 14.5. The van der Waals surface area contributed by atoms with Crippen LogP contribution in [0.25, 0.3) is 82.1 Å². The molecule has 0 saturated carbocycles. The van der Waals surface area contributed by atoms with Crippen molar-refractivity contribution >= 4 is 71.2 Å². The lowest BCUT2D eigenvalue weighted by molar-refractivity contribution is 1.19. The lowest BCUT2D eigenvalue weighted by Gasteiger charge is -2.29. The molecule has 0 aliphatic rings. The van der Waals surface area contributed by atoms with Gasteiger partial charge in [0.2, 0.25) is 0 Å². The van der Waals surface area contributed by atoms with Crippen molar-refractivity contribution in [3.05, 3.63) is 218 Å². The monoisotopic (exact) mass is 712 g/mol. The smallest absolute Gasteiger partial charge is 0.0548 e. The van der Waals surface area contributed by atoms with E-state index >= 15 is 0 Å². The van der Waals surface area contributed by atoms with E-state index in [-0.39, 0.29) is 0 Å². The topological polar surface area (TPSA) is 8.17 Å². The van der Waals surface area contributed by atoms with Crippen molar-refractivity contribution in [1.82, 2.24) is 4.57 Å². The summed E-state index contributed by atoms with van der Waals surface area (Å²) in [4.78, 5) is 2.44. The van der Waals surface area contributed by atoms with Crippen LogP contribution in [0.5, 0.6) is 0 Å². The summed E-state index contributed by atoms with van der Waals surface area (Å²) >= 11 is 0. The van der Waals surface area contributed by atoms with Crippen LogP contribution in [0.2, 0.25) is 0 Å². The number of hydrogen-bond acceptors (Lipinski definition) is 1. The molecule has 0 radical (unpaired) electrons. The largest absolute Gasteiger partial charge is 0.309 e. The first-order valence-corrected chi connectivity index (χ1v) is 19.3. The summed E-state index contributed by atoms with van der Waals surface area (Å²) in [5, 5.41) is 9.85. The molecule has 0 aliphatic carbocycles. The van der Waals surface area contributed by atoms with Crippen molar-refractivity contribution < 1.29 is 0 Å². The van der Waals surface area contributed by atoms with E-state index in [2.05, 4.69) is 228 Å². The summed E-state index contributed by atoms with van der Waals surface area (Å²) in [6.07, 6.45) is 0. The lowest BCUT2D eigenvalue weighted by atomic mass is 9.94. The molecular formula is C54H36N2. The highest BCUT2D eigenvalue weighted by molar-refractivity contribution is 6.25. The molecule has 2 heteroatoms. The Bertz CT molecular complexity index is 3230. The Kier molecular flexibility index (Phi) is 7.53.